The van der Waals surface area contributed by atoms with Crippen molar-refractivity contribution in [3.63, 3.8) is 0 Å². The summed E-state index contributed by atoms with van der Waals surface area (Å²) in [6.45, 7) is 5.13. The van der Waals surface area contributed by atoms with Crippen molar-refractivity contribution in [1.29, 1.82) is 5.26 Å². The number of hydrogen-bond acceptors (Lipinski definition) is 5. The number of hydrogen-bond donors (Lipinski definition) is 1. The molecule has 1 saturated heterocycles. The van der Waals surface area contributed by atoms with Gasteiger partial charge < -0.3 is 5.32 Å². The molecule has 0 bridgehead atoms. The molecule has 0 radical (unpaired) electrons. The first-order chi connectivity index (χ1) is 17.2. The van der Waals surface area contributed by atoms with Crippen LogP contribution < -0.4 is 5.32 Å². The van der Waals surface area contributed by atoms with Crippen LogP contribution in [0, 0.1) is 23.2 Å². The Kier molecular flexibility index (Phi) is 7.38. The summed E-state index contributed by atoms with van der Waals surface area (Å²) in [4.78, 5) is 12.4. The first kappa shape index (κ1) is 25.4. The summed E-state index contributed by atoms with van der Waals surface area (Å²) >= 11 is 0. The van der Waals surface area contributed by atoms with Gasteiger partial charge in [-0.05, 0) is 48.6 Å². The Labute approximate surface area is 211 Å². The van der Waals surface area contributed by atoms with E-state index in [0.29, 0.717) is 41.7 Å². The number of para-hydroxylation sites is 1. The van der Waals surface area contributed by atoms with Gasteiger partial charge in [-0.2, -0.15) is 14.7 Å². The number of piperidine rings is 1. The largest absolute Gasteiger partial charge is 0.354 e. The number of carbonyl (C=O) groups excluding carboxylic acids is 1. The van der Waals surface area contributed by atoms with E-state index in [1.165, 1.54) is 13.1 Å². The highest BCUT2D eigenvalue weighted by Crippen LogP contribution is 2.31. The van der Waals surface area contributed by atoms with Crippen molar-refractivity contribution in [3.8, 4) is 23.0 Å². The van der Waals surface area contributed by atoms with E-state index in [4.69, 9.17) is 5.10 Å². The molecular formula is C27H29N5O3S. The lowest BCUT2D eigenvalue weighted by Gasteiger charge is -2.34. The first-order valence-corrected chi connectivity index (χ1v) is 13.3. The molecule has 8 nitrogen and oxygen atoms in total. The lowest BCUT2D eigenvalue weighted by molar-refractivity contribution is -0.116. The highest BCUT2D eigenvalue weighted by atomic mass is 32.2. The number of likely N-dealkylation sites (N-methyl/N-ethyl adjacent to an activating group) is 1. The minimum atomic E-state index is -3.69. The maximum Gasteiger partial charge on any atom is 0.261 e. The second kappa shape index (κ2) is 10.5. The maximum atomic E-state index is 13.5. The second-order valence-corrected chi connectivity index (χ2v) is 11.2. The minimum Gasteiger partial charge on any atom is -0.354 e. The van der Waals surface area contributed by atoms with Crippen molar-refractivity contribution < 1.29 is 13.2 Å². The number of rotatable bonds is 6. The zero-order valence-corrected chi connectivity index (χ0v) is 21.4. The van der Waals surface area contributed by atoms with Gasteiger partial charge >= 0.3 is 0 Å². The Morgan fingerprint density at radius 1 is 1.11 bits per heavy atom. The molecule has 0 aliphatic carbocycles. The van der Waals surface area contributed by atoms with E-state index in [-0.39, 0.29) is 10.5 Å². The van der Waals surface area contributed by atoms with Crippen LogP contribution >= 0.6 is 0 Å². The van der Waals surface area contributed by atoms with Crippen molar-refractivity contribution in [2.75, 3.05) is 20.1 Å². The van der Waals surface area contributed by atoms with Crippen molar-refractivity contribution in [2.45, 2.75) is 25.2 Å². The molecule has 2 aromatic carbocycles. The average Bonchev–Trinajstić information content (AvgIpc) is 3.30. The molecule has 2 heterocycles. The molecule has 9 heteroatoms. The van der Waals surface area contributed by atoms with Crippen molar-refractivity contribution in [1.82, 2.24) is 19.4 Å². The van der Waals surface area contributed by atoms with Gasteiger partial charge in [-0.1, -0.05) is 44.2 Å². The van der Waals surface area contributed by atoms with Crippen LogP contribution in [0.2, 0.25) is 0 Å². The topological polar surface area (TPSA) is 108 Å². The molecule has 0 spiro atoms. The number of benzene rings is 2. The van der Waals surface area contributed by atoms with Gasteiger partial charge in [-0.25, -0.2) is 13.1 Å². The fraction of sp³-hybridized carbons (Fsp3) is 0.296. The predicted molar refractivity (Wildman–Crippen MR) is 138 cm³/mol. The van der Waals surface area contributed by atoms with E-state index in [0.717, 1.165) is 12.1 Å². The summed E-state index contributed by atoms with van der Waals surface area (Å²) in [5.74, 6) is 0.0684. The maximum absolute atomic E-state index is 13.5. The van der Waals surface area contributed by atoms with Crippen LogP contribution in [-0.2, 0) is 14.8 Å². The molecule has 1 amide bonds. The molecule has 1 aromatic heterocycles. The van der Waals surface area contributed by atoms with E-state index in [9.17, 15) is 18.5 Å². The van der Waals surface area contributed by atoms with Gasteiger partial charge in [0, 0.05) is 37.5 Å². The Hall–Kier alpha value is -3.74. The highest BCUT2D eigenvalue weighted by molar-refractivity contribution is 7.89. The van der Waals surface area contributed by atoms with Crippen LogP contribution in [0.5, 0.6) is 0 Å². The first-order valence-electron chi connectivity index (χ1n) is 11.8. The number of nitrogens with zero attached hydrogens (tertiary/aromatic N) is 4. The molecule has 36 heavy (non-hydrogen) atoms. The molecule has 0 saturated carbocycles. The number of nitriles is 1. The molecule has 186 valence electrons. The van der Waals surface area contributed by atoms with Gasteiger partial charge in [0.15, 0.2) is 0 Å². The highest BCUT2D eigenvalue weighted by Gasteiger charge is 2.32. The summed E-state index contributed by atoms with van der Waals surface area (Å²) in [7, 11) is -2.24. The quantitative estimate of drug-likeness (QED) is 0.406. The minimum absolute atomic E-state index is 0.0774. The lowest BCUT2D eigenvalue weighted by Crippen LogP contribution is -2.42. The fourth-order valence-electron chi connectivity index (χ4n) is 4.62. The lowest BCUT2D eigenvalue weighted by atomic mass is 9.94. The van der Waals surface area contributed by atoms with E-state index in [1.807, 2.05) is 36.4 Å². The van der Waals surface area contributed by atoms with Gasteiger partial charge in [-0.3, -0.25) is 4.79 Å². The van der Waals surface area contributed by atoms with Crippen LogP contribution in [0.25, 0.3) is 23.0 Å². The molecule has 2 unspecified atom stereocenters. The number of amides is 1. The summed E-state index contributed by atoms with van der Waals surface area (Å²) in [6, 6.07) is 18.0. The Bertz CT molecular complexity index is 1430. The van der Waals surface area contributed by atoms with Crippen molar-refractivity contribution in [3.05, 3.63) is 71.9 Å². The number of sulfonamides is 1. The second-order valence-electron chi connectivity index (χ2n) is 9.26. The van der Waals surface area contributed by atoms with E-state index in [2.05, 4.69) is 19.2 Å². The van der Waals surface area contributed by atoms with Gasteiger partial charge in [-0.15, -0.1) is 0 Å². The van der Waals surface area contributed by atoms with Gasteiger partial charge in [0.2, 0.25) is 10.0 Å². The van der Waals surface area contributed by atoms with Crippen molar-refractivity contribution in [2.24, 2.45) is 11.8 Å². The SMILES string of the molecule is CNC(=O)/C(C#N)=C\c1cn(-c2ccccc2)nc1-c1cccc(S(=O)(=O)N2CC(C)CC(C)C2)c1. The van der Waals surface area contributed by atoms with E-state index in [1.54, 1.807) is 39.4 Å². The zero-order valence-electron chi connectivity index (χ0n) is 20.5. The molecule has 1 aliphatic heterocycles. The third-order valence-corrected chi connectivity index (χ3v) is 8.06. The fourth-order valence-corrected chi connectivity index (χ4v) is 6.35. The Morgan fingerprint density at radius 3 is 2.44 bits per heavy atom. The summed E-state index contributed by atoms with van der Waals surface area (Å²) in [6.07, 6.45) is 4.20. The van der Waals surface area contributed by atoms with E-state index < -0.39 is 15.9 Å². The molecule has 3 aromatic rings. The molecule has 1 aliphatic rings. The molecule has 1 N–H and O–H groups in total. The molecule has 1 fully saturated rings. The van der Waals surface area contributed by atoms with Crippen LogP contribution in [0.1, 0.15) is 25.8 Å². The Morgan fingerprint density at radius 2 is 1.81 bits per heavy atom. The third-order valence-electron chi connectivity index (χ3n) is 6.24. The smallest absolute Gasteiger partial charge is 0.261 e. The normalized spacial score (nSPS) is 19.0. The van der Waals surface area contributed by atoms with Crippen LogP contribution in [-0.4, -0.2) is 48.5 Å². The van der Waals surface area contributed by atoms with Gasteiger partial charge in [0.25, 0.3) is 5.91 Å². The summed E-state index contributed by atoms with van der Waals surface area (Å²) in [5.41, 5.74) is 2.27. The summed E-state index contributed by atoms with van der Waals surface area (Å²) < 4.78 is 30.2. The molecular weight excluding hydrogens is 474 g/mol. The standard InChI is InChI=1S/C27H29N5O3S/c1-19-12-20(2)17-31(16-19)36(34,35)25-11-7-8-21(14-25)26-23(13-22(15-28)27(33)29-3)18-32(30-26)24-9-5-4-6-10-24/h4-11,13-14,18-20H,12,16-17H2,1-3H3,(H,29,33)/b22-13-. The van der Waals surface area contributed by atoms with Gasteiger partial charge in [0.1, 0.15) is 17.3 Å². The number of carbonyl (C=O) groups is 1. The molecule has 4 rings (SSSR count). The number of nitrogens with one attached hydrogen (secondary N) is 1. The van der Waals surface area contributed by atoms with Crippen LogP contribution in [0.15, 0.2) is 71.3 Å². The monoisotopic (exact) mass is 503 g/mol. The van der Waals surface area contributed by atoms with Crippen LogP contribution in [0.3, 0.4) is 0 Å². The van der Waals surface area contributed by atoms with Gasteiger partial charge in [0.05, 0.1) is 10.6 Å². The van der Waals surface area contributed by atoms with Crippen molar-refractivity contribution >= 4 is 22.0 Å². The number of aromatic nitrogens is 2. The van der Waals surface area contributed by atoms with Crippen LogP contribution in [0.4, 0.5) is 0 Å². The average molecular weight is 504 g/mol. The molecule has 2 atom stereocenters. The summed E-state index contributed by atoms with van der Waals surface area (Å²) in [5, 5.41) is 16.7. The predicted octanol–water partition coefficient (Wildman–Crippen LogP) is 3.86. The van der Waals surface area contributed by atoms with E-state index >= 15 is 0 Å². The zero-order chi connectivity index (χ0) is 25.9. The third kappa shape index (κ3) is 5.25. The Balaban J connectivity index is 1.81.